The maximum atomic E-state index is 13.0. The summed E-state index contributed by atoms with van der Waals surface area (Å²) in [6.45, 7) is 10.1. The first-order valence-corrected chi connectivity index (χ1v) is 9.18. The molecule has 2 aromatic rings. The van der Waals surface area contributed by atoms with Crippen LogP contribution in [-0.2, 0) is 13.1 Å². The zero-order valence-corrected chi connectivity index (χ0v) is 15.4. The van der Waals surface area contributed by atoms with Gasteiger partial charge in [0.2, 0.25) is 0 Å². The van der Waals surface area contributed by atoms with Crippen LogP contribution in [-0.4, -0.2) is 32.9 Å². The summed E-state index contributed by atoms with van der Waals surface area (Å²) in [6.07, 6.45) is 1.41. The summed E-state index contributed by atoms with van der Waals surface area (Å²) in [5.74, 6) is -0.0218. The standard InChI is InChI=1S/C20H28FN3O/c1-4-24-15(3)19(14(2)22-24)13-23-11-9-17(10-12-23)20(25)16-5-7-18(21)8-6-16/h5-8,17,20,25H,4,9-13H2,1-3H3/t20-/m0/s1. The van der Waals surface area contributed by atoms with E-state index in [9.17, 15) is 9.50 Å². The Morgan fingerprint density at radius 2 is 1.84 bits per heavy atom. The summed E-state index contributed by atoms with van der Waals surface area (Å²) in [6, 6.07) is 6.23. The first-order valence-electron chi connectivity index (χ1n) is 9.18. The Bertz CT molecular complexity index is 702. The van der Waals surface area contributed by atoms with Crippen molar-refractivity contribution in [2.75, 3.05) is 13.1 Å². The molecule has 0 bridgehead atoms. The highest BCUT2D eigenvalue weighted by atomic mass is 19.1. The van der Waals surface area contributed by atoms with Crippen molar-refractivity contribution in [3.05, 3.63) is 52.6 Å². The van der Waals surface area contributed by atoms with E-state index in [0.717, 1.165) is 50.3 Å². The fourth-order valence-corrected chi connectivity index (χ4v) is 3.85. The molecule has 1 N–H and O–H groups in total. The monoisotopic (exact) mass is 345 g/mol. The molecule has 0 unspecified atom stereocenters. The van der Waals surface area contributed by atoms with E-state index in [2.05, 4.69) is 35.5 Å². The molecule has 0 amide bonds. The highest BCUT2D eigenvalue weighted by Crippen LogP contribution is 2.31. The fourth-order valence-electron chi connectivity index (χ4n) is 3.85. The van der Waals surface area contributed by atoms with Crippen molar-refractivity contribution in [2.24, 2.45) is 5.92 Å². The quantitative estimate of drug-likeness (QED) is 0.900. The van der Waals surface area contributed by atoms with E-state index in [4.69, 9.17) is 0 Å². The number of aromatic nitrogens is 2. The second-order valence-corrected chi connectivity index (χ2v) is 7.08. The second kappa shape index (κ2) is 7.67. The average Bonchev–Trinajstić information content (AvgIpc) is 2.90. The summed E-state index contributed by atoms with van der Waals surface area (Å²) in [5, 5.41) is 15.2. The smallest absolute Gasteiger partial charge is 0.123 e. The first kappa shape index (κ1) is 18.1. The van der Waals surface area contributed by atoms with Gasteiger partial charge in [-0.15, -0.1) is 0 Å². The van der Waals surface area contributed by atoms with Crippen molar-refractivity contribution in [1.29, 1.82) is 0 Å². The topological polar surface area (TPSA) is 41.3 Å². The number of rotatable bonds is 5. The molecule has 25 heavy (non-hydrogen) atoms. The molecule has 1 saturated heterocycles. The van der Waals surface area contributed by atoms with E-state index in [1.807, 2.05) is 0 Å². The molecule has 1 aliphatic heterocycles. The minimum absolute atomic E-state index is 0.238. The van der Waals surface area contributed by atoms with Crippen molar-refractivity contribution in [1.82, 2.24) is 14.7 Å². The van der Waals surface area contributed by atoms with Gasteiger partial charge in [-0.05, 0) is 70.3 Å². The summed E-state index contributed by atoms with van der Waals surface area (Å²) < 4.78 is 15.1. The Hall–Kier alpha value is -1.72. The molecular formula is C20H28FN3O. The Kier molecular flexibility index (Phi) is 5.54. The van der Waals surface area contributed by atoms with Crippen molar-refractivity contribution < 1.29 is 9.50 Å². The number of likely N-dealkylation sites (tertiary alicyclic amines) is 1. The number of aliphatic hydroxyl groups excluding tert-OH is 1. The third-order valence-corrected chi connectivity index (χ3v) is 5.50. The molecule has 4 nitrogen and oxygen atoms in total. The fraction of sp³-hybridized carbons (Fsp3) is 0.550. The van der Waals surface area contributed by atoms with Crippen LogP contribution >= 0.6 is 0 Å². The highest BCUT2D eigenvalue weighted by Gasteiger charge is 2.27. The van der Waals surface area contributed by atoms with E-state index >= 15 is 0 Å². The molecule has 2 heterocycles. The van der Waals surface area contributed by atoms with Gasteiger partial charge in [-0.1, -0.05) is 12.1 Å². The molecule has 1 fully saturated rings. The van der Waals surface area contributed by atoms with Crippen LogP contribution in [0.25, 0.3) is 0 Å². The lowest BCUT2D eigenvalue weighted by molar-refractivity contribution is 0.0566. The largest absolute Gasteiger partial charge is 0.388 e. The van der Waals surface area contributed by atoms with Crippen LogP contribution < -0.4 is 0 Å². The Labute approximate surface area is 149 Å². The third kappa shape index (κ3) is 3.93. The van der Waals surface area contributed by atoms with Crippen LogP contribution in [0.5, 0.6) is 0 Å². The van der Waals surface area contributed by atoms with Gasteiger partial charge in [0.1, 0.15) is 5.82 Å². The number of hydrogen-bond acceptors (Lipinski definition) is 3. The maximum absolute atomic E-state index is 13.0. The predicted molar refractivity (Wildman–Crippen MR) is 96.7 cm³/mol. The van der Waals surface area contributed by atoms with Gasteiger partial charge in [0.15, 0.2) is 0 Å². The molecule has 3 rings (SSSR count). The predicted octanol–water partition coefficient (Wildman–Crippen LogP) is 3.60. The Morgan fingerprint density at radius 1 is 1.20 bits per heavy atom. The molecule has 1 aromatic heterocycles. The van der Waals surface area contributed by atoms with Gasteiger partial charge in [0, 0.05) is 24.3 Å². The van der Waals surface area contributed by atoms with E-state index in [0.29, 0.717) is 0 Å². The molecule has 1 aromatic carbocycles. The van der Waals surface area contributed by atoms with E-state index in [-0.39, 0.29) is 11.7 Å². The lowest BCUT2D eigenvalue weighted by Gasteiger charge is -2.34. The van der Waals surface area contributed by atoms with Crippen molar-refractivity contribution in [3.63, 3.8) is 0 Å². The third-order valence-electron chi connectivity index (χ3n) is 5.50. The maximum Gasteiger partial charge on any atom is 0.123 e. The molecule has 0 saturated carbocycles. The molecule has 5 heteroatoms. The van der Waals surface area contributed by atoms with Crippen LogP contribution in [0.15, 0.2) is 24.3 Å². The second-order valence-electron chi connectivity index (χ2n) is 7.08. The zero-order valence-electron chi connectivity index (χ0n) is 15.4. The zero-order chi connectivity index (χ0) is 18.0. The number of aryl methyl sites for hydroxylation is 2. The van der Waals surface area contributed by atoms with Gasteiger partial charge in [0.05, 0.1) is 11.8 Å². The van der Waals surface area contributed by atoms with Crippen LogP contribution in [0.3, 0.4) is 0 Å². The normalized spacial score (nSPS) is 17.8. The summed E-state index contributed by atoms with van der Waals surface area (Å²) >= 11 is 0. The lowest BCUT2D eigenvalue weighted by atomic mass is 9.87. The minimum atomic E-state index is -0.505. The molecule has 1 atom stereocenters. The molecule has 1 aliphatic rings. The van der Waals surface area contributed by atoms with Crippen LogP contribution in [0.2, 0.25) is 0 Å². The average molecular weight is 345 g/mol. The van der Waals surface area contributed by atoms with Crippen LogP contribution in [0.4, 0.5) is 4.39 Å². The van der Waals surface area contributed by atoms with Gasteiger partial charge in [-0.25, -0.2) is 4.39 Å². The van der Waals surface area contributed by atoms with E-state index in [1.54, 1.807) is 12.1 Å². The number of benzene rings is 1. The van der Waals surface area contributed by atoms with Gasteiger partial charge in [-0.2, -0.15) is 5.10 Å². The van der Waals surface area contributed by atoms with E-state index in [1.165, 1.54) is 23.4 Å². The Morgan fingerprint density at radius 3 is 2.40 bits per heavy atom. The molecule has 0 spiro atoms. The van der Waals surface area contributed by atoms with E-state index < -0.39 is 6.10 Å². The number of aliphatic hydroxyl groups is 1. The molecule has 0 aliphatic carbocycles. The molecule has 136 valence electrons. The Balaban J connectivity index is 1.58. The SMILES string of the molecule is CCn1nc(C)c(CN2CCC([C@@H](O)c3ccc(F)cc3)CC2)c1C. The number of halogens is 1. The number of piperidine rings is 1. The van der Waals surface area contributed by atoms with Gasteiger partial charge in [-0.3, -0.25) is 9.58 Å². The first-order chi connectivity index (χ1) is 12.0. The van der Waals surface area contributed by atoms with Crippen molar-refractivity contribution in [2.45, 2.75) is 52.8 Å². The lowest BCUT2D eigenvalue weighted by Crippen LogP contribution is -2.35. The van der Waals surface area contributed by atoms with Crippen LogP contribution in [0.1, 0.15) is 48.4 Å². The van der Waals surface area contributed by atoms with Gasteiger partial charge < -0.3 is 5.11 Å². The molecular weight excluding hydrogens is 317 g/mol. The summed E-state index contributed by atoms with van der Waals surface area (Å²) in [5.41, 5.74) is 4.52. The van der Waals surface area contributed by atoms with Crippen molar-refractivity contribution in [3.8, 4) is 0 Å². The highest BCUT2D eigenvalue weighted by molar-refractivity contribution is 5.24. The van der Waals surface area contributed by atoms with Crippen LogP contribution in [0, 0.1) is 25.6 Å². The van der Waals surface area contributed by atoms with Crippen molar-refractivity contribution >= 4 is 0 Å². The summed E-state index contributed by atoms with van der Waals surface area (Å²) in [4.78, 5) is 2.45. The van der Waals surface area contributed by atoms with Gasteiger partial charge >= 0.3 is 0 Å². The number of hydrogen-bond donors (Lipinski definition) is 1. The number of nitrogens with zero attached hydrogens (tertiary/aromatic N) is 3. The molecule has 0 radical (unpaired) electrons. The summed E-state index contributed by atoms with van der Waals surface area (Å²) in [7, 11) is 0. The van der Waals surface area contributed by atoms with Gasteiger partial charge in [0.25, 0.3) is 0 Å². The minimum Gasteiger partial charge on any atom is -0.388 e.